The normalized spacial score (nSPS) is 14.0. The van der Waals surface area contributed by atoms with Gasteiger partial charge in [0.05, 0.1) is 11.1 Å². The van der Waals surface area contributed by atoms with E-state index in [4.69, 9.17) is 10.2 Å². The Morgan fingerprint density at radius 3 is 1.75 bits per heavy atom. The van der Waals surface area contributed by atoms with Gasteiger partial charge in [0.25, 0.3) is 0 Å². The Morgan fingerprint density at radius 2 is 1.35 bits per heavy atom. The third kappa shape index (κ3) is 6.86. The molecule has 1 aromatic rings. The van der Waals surface area contributed by atoms with Crippen LogP contribution >= 0.6 is 0 Å². The number of hydrogen-bond donors (Lipinski definition) is 4. The van der Waals surface area contributed by atoms with E-state index in [0.29, 0.717) is 0 Å². The third-order valence-electron chi connectivity index (χ3n) is 2.81. The molecule has 0 saturated carbocycles. The zero-order valence-electron chi connectivity index (χ0n) is 11.5. The van der Waals surface area contributed by atoms with Crippen LogP contribution in [0.5, 0.6) is 0 Å². The summed E-state index contributed by atoms with van der Waals surface area (Å²) in [5, 5.41) is 20.3. The van der Waals surface area contributed by atoms with Crippen LogP contribution in [0.2, 0.25) is 0 Å². The summed E-state index contributed by atoms with van der Waals surface area (Å²) in [7, 11) is 0. The van der Waals surface area contributed by atoms with Gasteiger partial charge in [0.2, 0.25) is 0 Å². The lowest BCUT2D eigenvalue weighted by molar-refractivity contribution is 0.0696. The number of nitrogens with one attached hydrogen (secondary N) is 1. The van der Waals surface area contributed by atoms with Crippen molar-refractivity contribution in [2.45, 2.75) is 25.7 Å². The molecule has 0 spiro atoms. The lowest BCUT2D eigenvalue weighted by Crippen LogP contribution is -2.12. The molecule has 6 N–H and O–H groups in total. The van der Waals surface area contributed by atoms with E-state index in [1.807, 2.05) is 0 Å². The highest BCUT2D eigenvalue weighted by molar-refractivity contribution is 5.93. The molecule has 1 saturated heterocycles. The lowest BCUT2D eigenvalue weighted by Gasteiger charge is -1.95. The minimum atomic E-state index is -1.13. The van der Waals surface area contributed by atoms with Gasteiger partial charge in [-0.25, -0.2) is 9.59 Å². The molecule has 1 heterocycles. The Hall–Kier alpha value is -1.92. The molecule has 112 valence electrons. The Bertz CT molecular complexity index is 386. The predicted molar refractivity (Wildman–Crippen MR) is 76.7 cm³/mol. The summed E-state index contributed by atoms with van der Waals surface area (Å²) in [6, 6.07) is 5.20. The predicted octanol–water partition coefficient (Wildman–Crippen LogP) is 2.39. The highest BCUT2D eigenvalue weighted by atomic mass is 16.4. The molecule has 0 unspecified atom stereocenters. The number of carboxylic acids is 2. The molecular formula is C14H22N2O4. The van der Waals surface area contributed by atoms with Gasteiger partial charge in [-0.2, -0.15) is 0 Å². The van der Waals surface area contributed by atoms with Crippen LogP contribution in [0.3, 0.4) is 0 Å². The van der Waals surface area contributed by atoms with Gasteiger partial charge in [0.1, 0.15) is 0 Å². The van der Waals surface area contributed by atoms with Crippen LogP contribution < -0.4 is 11.5 Å². The van der Waals surface area contributed by atoms with E-state index in [1.165, 1.54) is 57.0 Å². The number of benzene rings is 1. The van der Waals surface area contributed by atoms with Crippen molar-refractivity contribution in [3.8, 4) is 0 Å². The van der Waals surface area contributed by atoms with Gasteiger partial charge in [-0.05, 0) is 44.1 Å². The Morgan fingerprint density at radius 1 is 0.900 bits per heavy atom. The van der Waals surface area contributed by atoms with E-state index in [0.717, 1.165) is 6.07 Å². The monoisotopic (exact) mass is 282 g/mol. The topological polar surface area (TPSA) is 122 Å². The zero-order valence-corrected chi connectivity index (χ0v) is 11.5. The highest BCUT2D eigenvalue weighted by Gasteiger charge is 2.06. The maximum atomic E-state index is 10.4. The van der Waals surface area contributed by atoms with Crippen LogP contribution in [-0.2, 0) is 0 Å². The smallest absolute Gasteiger partial charge is 0.335 e. The van der Waals surface area contributed by atoms with Crippen molar-refractivity contribution in [2.24, 2.45) is 0 Å². The Kier molecular flexibility index (Phi) is 8.98. The van der Waals surface area contributed by atoms with Crippen LogP contribution in [-0.4, -0.2) is 35.2 Å². The minimum absolute atomic E-state index is 0. The molecule has 6 heteroatoms. The van der Waals surface area contributed by atoms with Gasteiger partial charge in [-0.1, -0.05) is 18.9 Å². The van der Waals surface area contributed by atoms with Crippen molar-refractivity contribution >= 4 is 11.9 Å². The maximum absolute atomic E-state index is 10.4. The molecule has 0 aromatic heterocycles. The van der Waals surface area contributed by atoms with Crippen molar-refractivity contribution in [2.75, 3.05) is 13.1 Å². The SMILES string of the molecule is C1CCCNCC1.N.O=C(O)c1cccc(C(=O)O)c1. The van der Waals surface area contributed by atoms with Gasteiger partial charge in [0, 0.05) is 0 Å². The van der Waals surface area contributed by atoms with Crippen LogP contribution in [0.4, 0.5) is 0 Å². The van der Waals surface area contributed by atoms with Gasteiger partial charge >= 0.3 is 11.9 Å². The van der Waals surface area contributed by atoms with E-state index in [-0.39, 0.29) is 17.3 Å². The van der Waals surface area contributed by atoms with Gasteiger partial charge in [0.15, 0.2) is 0 Å². The summed E-state index contributed by atoms with van der Waals surface area (Å²) in [6.45, 7) is 2.50. The highest BCUT2D eigenvalue weighted by Crippen LogP contribution is 2.04. The Balaban J connectivity index is 0.000000387. The maximum Gasteiger partial charge on any atom is 0.335 e. The van der Waals surface area contributed by atoms with E-state index >= 15 is 0 Å². The summed E-state index contributed by atoms with van der Waals surface area (Å²) in [6.07, 6.45) is 5.65. The van der Waals surface area contributed by atoms with Gasteiger partial charge in [-0.15, -0.1) is 0 Å². The molecule has 1 aliphatic rings. The average Bonchev–Trinajstić information content (AvgIpc) is 2.71. The molecule has 2 rings (SSSR count). The first-order valence-electron chi connectivity index (χ1n) is 6.38. The van der Waals surface area contributed by atoms with E-state index < -0.39 is 11.9 Å². The molecule has 0 atom stereocenters. The molecule has 1 aliphatic heterocycles. The number of carboxylic acid groups (broad SMARTS) is 2. The number of carbonyl (C=O) groups is 2. The van der Waals surface area contributed by atoms with Crippen molar-refractivity contribution < 1.29 is 19.8 Å². The Labute approximate surface area is 118 Å². The van der Waals surface area contributed by atoms with Gasteiger partial charge in [-0.3, -0.25) is 0 Å². The van der Waals surface area contributed by atoms with Crippen LogP contribution in [0, 0.1) is 0 Å². The molecular weight excluding hydrogens is 260 g/mol. The molecule has 6 nitrogen and oxygen atoms in total. The largest absolute Gasteiger partial charge is 0.478 e. The second-order valence-corrected chi connectivity index (χ2v) is 4.36. The van der Waals surface area contributed by atoms with Crippen molar-refractivity contribution in [3.05, 3.63) is 35.4 Å². The molecule has 0 radical (unpaired) electrons. The quantitative estimate of drug-likeness (QED) is 0.660. The zero-order chi connectivity index (χ0) is 14.1. The summed E-state index contributed by atoms with van der Waals surface area (Å²) in [4.78, 5) is 20.8. The number of hydrogen-bond acceptors (Lipinski definition) is 4. The van der Waals surface area contributed by atoms with Crippen molar-refractivity contribution in [1.82, 2.24) is 11.5 Å². The summed E-state index contributed by atoms with van der Waals surface area (Å²) in [5.41, 5.74) is -0.0372. The molecule has 1 fully saturated rings. The number of aromatic carboxylic acids is 2. The molecule has 0 aliphatic carbocycles. The first-order valence-corrected chi connectivity index (χ1v) is 6.38. The van der Waals surface area contributed by atoms with Gasteiger partial charge < -0.3 is 21.7 Å². The standard InChI is InChI=1S/C8H6O4.C6H13N.H3N/c9-7(10)5-2-1-3-6(4-5)8(11)12;1-2-4-6-7-5-3-1;/h1-4H,(H,9,10)(H,11,12);7H,1-6H2;1H3. The first kappa shape index (κ1) is 18.1. The van der Waals surface area contributed by atoms with Crippen LogP contribution in [0.25, 0.3) is 0 Å². The fourth-order valence-electron chi connectivity index (χ4n) is 1.76. The molecule has 0 bridgehead atoms. The van der Waals surface area contributed by atoms with Crippen LogP contribution in [0.1, 0.15) is 46.4 Å². The van der Waals surface area contributed by atoms with Crippen molar-refractivity contribution in [3.63, 3.8) is 0 Å². The summed E-state index contributed by atoms with van der Waals surface area (Å²) >= 11 is 0. The van der Waals surface area contributed by atoms with Crippen LogP contribution in [0.15, 0.2) is 24.3 Å². The van der Waals surface area contributed by atoms with E-state index in [9.17, 15) is 9.59 Å². The second kappa shape index (κ2) is 9.94. The van der Waals surface area contributed by atoms with E-state index in [1.54, 1.807) is 0 Å². The fourth-order valence-corrected chi connectivity index (χ4v) is 1.76. The lowest BCUT2D eigenvalue weighted by atomic mass is 10.1. The number of rotatable bonds is 2. The summed E-state index contributed by atoms with van der Waals surface area (Å²) < 4.78 is 0. The average molecular weight is 282 g/mol. The minimum Gasteiger partial charge on any atom is -0.478 e. The van der Waals surface area contributed by atoms with Crippen molar-refractivity contribution in [1.29, 1.82) is 0 Å². The first-order chi connectivity index (χ1) is 9.11. The van der Waals surface area contributed by atoms with E-state index in [2.05, 4.69) is 5.32 Å². The molecule has 0 amide bonds. The third-order valence-corrected chi connectivity index (χ3v) is 2.81. The molecule has 20 heavy (non-hydrogen) atoms. The fraction of sp³-hybridized carbons (Fsp3) is 0.429. The molecule has 1 aromatic carbocycles. The summed E-state index contributed by atoms with van der Waals surface area (Å²) in [5.74, 6) is -2.25. The second-order valence-electron chi connectivity index (χ2n) is 4.36.